The van der Waals surface area contributed by atoms with Crippen molar-refractivity contribution in [2.75, 3.05) is 6.54 Å². The predicted molar refractivity (Wildman–Crippen MR) is 75.4 cm³/mol. The molecule has 19 heavy (non-hydrogen) atoms. The predicted octanol–water partition coefficient (Wildman–Crippen LogP) is 2.11. The summed E-state index contributed by atoms with van der Waals surface area (Å²) in [7, 11) is 0. The van der Waals surface area contributed by atoms with Crippen molar-refractivity contribution in [2.45, 2.75) is 51.3 Å². The normalized spacial score (nSPS) is 23.9. The van der Waals surface area contributed by atoms with Gasteiger partial charge in [-0.05, 0) is 25.0 Å². The number of carboxylic acid groups (broad SMARTS) is 1. The summed E-state index contributed by atoms with van der Waals surface area (Å²) in [5, 5.41) is 18.8. The van der Waals surface area contributed by atoms with Gasteiger partial charge in [-0.3, -0.25) is 9.69 Å². The number of aliphatic hydroxyl groups excluding tert-OH is 1. The average molecular weight is 283 g/mol. The maximum Gasteiger partial charge on any atom is 0.321 e. The fourth-order valence-electron chi connectivity index (χ4n) is 2.50. The van der Waals surface area contributed by atoms with Gasteiger partial charge in [-0.25, -0.2) is 0 Å². The van der Waals surface area contributed by atoms with Gasteiger partial charge in [-0.1, -0.05) is 13.3 Å². The molecule has 0 saturated carbocycles. The van der Waals surface area contributed by atoms with Crippen LogP contribution in [0.5, 0.6) is 0 Å². The number of thiophene rings is 1. The van der Waals surface area contributed by atoms with Crippen LogP contribution in [0.3, 0.4) is 0 Å². The van der Waals surface area contributed by atoms with Gasteiger partial charge in [0.15, 0.2) is 0 Å². The van der Waals surface area contributed by atoms with E-state index in [0.717, 1.165) is 6.42 Å². The number of hydrogen-bond acceptors (Lipinski definition) is 4. The van der Waals surface area contributed by atoms with Crippen LogP contribution in [0.4, 0.5) is 0 Å². The Balaban J connectivity index is 1.96. The van der Waals surface area contributed by atoms with E-state index < -0.39 is 18.1 Å². The van der Waals surface area contributed by atoms with E-state index in [0.29, 0.717) is 19.5 Å². The monoisotopic (exact) mass is 283 g/mol. The van der Waals surface area contributed by atoms with Gasteiger partial charge < -0.3 is 10.2 Å². The van der Waals surface area contributed by atoms with Gasteiger partial charge in [0.1, 0.15) is 6.04 Å². The molecule has 2 rings (SSSR count). The minimum Gasteiger partial charge on any atom is -0.480 e. The maximum absolute atomic E-state index is 11.1. The van der Waals surface area contributed by atoms with Crippen molar-refractivity contribution >= 4 is 17.3 Å². The first-order valence-corrected chi connectivity index (χ1v) is 7.64. The lowest BCUT2D eigenvalue weighted by Gasteiger charge is -2.19. The highest BCUT2D eigenvalue weighted by molar-refractivity contribution is 7.11. The van der Waals surface area contributed by atoms with Gasteiger partial charge in [0, 0.05) is 29.3 Å². The van der Waals surface area contributed by atoms with E-state index in [1.54, 1.807) is 11.3 Å². The molecule has 2 atom stereocenters. The Hall–Kier alpha value is -0.910. The smallest absolute Gasteiger partial charge is 0.321 e. The molecule has 4 nitrogen and oxygen atoms in total. The van der Waals surface area contributed by atoms with E-state index in [-0.39, 0.29) is 0 Å². The second kappa shape index (κ2) is 6.50. The summed E-state index contributed by atoms with van der Waals surface area (Å²) in [5.74, 6) is -0.834. The molecule has 1 fully saturated rings. The van der Waals surface area contributed by atoms with Crippen LogP contribution in [0.1, 0.15) is 35.9 Å². The van der Waals surface area contributed by atoms with Crippen LogP contribution in [-0.2, 0) is 17.8 Å². The van der Waals surface area contributed by atoms with Crippen molar-refractivity contribution in [1.29, 1.82) is 0 Å². The summed E-state index contributed by atoms with van der Waals surface area (Å²) in [6.45, 7) is 3.27. The van der Waals surface area contributed by atoms with E-state index in [2.05, 4.69) is 19.1 Å². The first-order chi connectivity index (χ1) is 9.10. The van der Waals surface area contributed by atoms with E-state index in [9.17, 15) is 9.90 Å². The fraction of sp³-hybridized carbons (Fsp3) is 0.643. The number of aliphatic carboxylic acids is 1. The molecule has 0 unspecified atom stereocenters. The van der Waals surface area contributed by atoms with Crippen LogP contribution in [0.15, 0.2) is 12.1 Å². The van der Waals surface area contributed by atoms with Crippen LogP contribution in [-0.4, -0.2) is 39.8 Å². The number of likely N-dealkylation sites (tertiary alicyclic amines) is 1. The molecule has 0 amide bonds. The number of carboxylic acids is 1. The molecule has 1 aromatic heterocycles. The first-order valence-electron chi connectivity index (χ1n) is 6.82. The van der Waals surface area contributed by atoms with Gasteiger partial charge in [0.25, 0.3) is 0 Å². The molecule has 2 N–H and O–H groups in total. The zero-order chi connectivity index (χ0) is 13.8. The number of aliphatic hydroxyl groups is 1. The summed E-state index contributed by atoms with van der Waals surface area (Å²) in [6, 6.07) is 3.67. The summed E-state index contributed by atoms with van der Waals surface area (Å²) in [5.41, 5.74) is 0. The zero-order valence-electron chi connectivity index (χ0n) is 11.2. The molecule has 2 heterocycles. The Labute approximate surface area is 117 Å². The summed E-state index contributed by atoms with van der Waals surface area (Å²) in [4.78, 5) is 15.6. The van der Waals surface area contributed by atoms with Gasteiger partial charge in [-0.2, -0.15) is 0 Å². The first kappa shape index (κ1) is 14.5. The third-order valence-corrected chi connectivity index (χ3v) is 4.65. The van der Waals surface area contributed by atoms with Crippen LogP contribution < -0.4 is 0 Å². The number of unbranched alkanes of at least 4 members (excludes halogenated alkanes) is 1. The quantitative estimate of drug-likeness (QED) is 0.839. The average Bonchev–Trinajstić information content (AvgIpc) is 2.94. The van der Waals surface area contributed by atoms with Crippen LogP contribution in [0.2, 0.25) is 0 Å². The van der Waals surface area contributed by atoms with Gasteiger partial charge in [0.2, 0.25) is 0 Å². The fourth-order valence-corrected chi connectivity index (χ4v) is 3.59. The second-order valence-corrected chi connectivity index (χ2v) is 6.40. The number of hydrogen-bond donors (Lipinski definition) is 2. The molecule has 5 heteroatoms. The number of nitrogens with zero attached hydrogens (tertiary/aromatic N) is 1. The van der Waals surface area contributed by atoms with Crippen LogP contribution in [0, 0.1) is 0 Å². The van der Waals surface area contributed by atoms with E-state index in [1.165, 1.54) is 22.6 Å². The number of carbonyl (C=O) groups is 1. The molecular formula is C14H21NO3S. The molecular weight excluding hydrogens is 262 g/mol. The van der Waals surface area contributed by atoms with Crippen LogP contribution >= 0.6 is 11.3 Å². The number of rotatable bonds is 6. The molecule has 1 aliphatic rings. The van der Waals surface area contributed by atoms with Crippen molar-refractivity contribution < 1.29 is 15.0 Å². The highest BCUT2D eigenvalue weighted by atomic mass is 32.1. The number of β-amino-alcohol motifs (C(OH)–C–C–N with tert-alkyl or cyclic N) is 1. The highest BCUT2D eigenvalue weighted by Crippen LogP contribution is 2.25. The number of aryl methyl sites for hydroxylation is 1. The Bertz CT molecular complexity index is 432. The molecule has 1 aromatic rings. The topological polar surface area (TPSA) is 60.8 Å². The van der Waals surface area contributed by atoms with Gasteiger partial charge in [-0.15, -0.1) is 11.3 Å². The van der Waals surface area contributed by atoms with Crippen LogP contribution in [0.25, 0.3) is 0 Å². The SMILES string of the molecule is CCCCc1ccc(CN2C[C@H](O)C[C@H]2C(=O)O)s1. The minimum atomic E-state index is -0.834. The lowest BCUT2D eigenvalue weighted by molar-refractivity contribution is -0.142. The van der Waals surface area contributed by atoms with Crippen molar-refractivity contribution in [3.63, 3.8) is 0 Å². The Kier molecular flexibility index (Phi) is 4.96. The summed E-state index contributed by atoms with van der Waals surface area (Å²) >= 11 is 1.76. The standard InChI is InChI=1S/C14H21NO3S/c1-2-3-4-11-5-6-12(19-11)9-15-8-10(16)7-13(15)14(17)18/h5-6,10,13,16H,2-4,7-9H2,1H3,(H,17,18)/t10-,13+/m1/s1. The lowest BCUT2D eigenvalue weighted by atomic mass is 10.2. The lowest BCUT2D eigenvalue weighted by Crippen LogP contribution is -2.35. The molecule has 1 saturated heterocycles. The van der Waals surface area contributed by atoms with Gasteiger partial charge >= 0.3 is 5.97 Å². The Morgan fingerprint density at radius 1 is 1.47 bits per heavy atom. The van der Waals surface area contributed by atoms with Crippen molar-refractivity contribution in [2.24, 2.45) is 0 Å². The molecule has 106 valence electrons. The summed E-state index contributed by atoms with van der Waals surface area (Å²) < 4.78 is 0. The Morgan fingerprint density at radius 3 is 2.89 bits per heavy atom. The third-order valence-electron chi connectivity index (χ3n) is 3.52. The maximum atomic E-state index is 11.1. The second-order valence-electron chi connectivity index (χ2n) is 5.14. The van der Waals surface area contributed by atoms with E-state index in [4.69, 9.17) is 5.11 Å². The van der Waals surface area contributed by atoms with E-state index in [1.807, 2.05) is 4.90 Å². The van der Waals surface area contributed by atoms with Gasteiger partial charge in [0.05, 0.1) is 6.10 Å². The molecule has 1 aliphatic heterocycles. The van der Waals surface area contributed by atoms with Crippen molar-refractivity contribution in [3.05, 3.63) is 21.9 Å². The zero-order valence-corrected chi connectivity index (χ0v) is 12.0. The Morgan fingerprint density at radius 2 is 2.21 bits per heavy atom. The third kappa shape index (κ3) is 3.78. The molecule has 0 aromatic carbocycles. The summed E-state index contributed by atoms with van der Waals surface area (Å²) in [6.07, 6.45) is 3.31. The largest absolute Gasteiger partial charge is 0.480 e. The van der Waals surface area contributed by atoms with Crippen molar-refractivity contribution in [3.8, 4) is 0 Å². The minimum absolute atomic E-state index is 0.337. The van der Waals surface area contributed by atoms with Crippen molar-refractivity contribution in [1.82, 2.24) is 4.90 Å². The molecule has 0 aliphatic carbocycles. The van der Waals surface area contributed by atoms with E-state index >= 15 is 0 Å². The molecule has 0 radical (unpaired) electrons. The highest BCUT2D eigenvalue weighted by Gasteiger charge is 2.35. The molecule has 0 spiro atoms. The molecule has 0 bridgehead atoms.